The molecule has 1 aliphatic heterocycles. The number of aliphatic hydroxyl groups is 2. The minimum absolute atomic E-state index is 0.0364. The van der Waals surface area contributed by atoms with Crippen molar-refractivity contribution in [3.05, 3.63) is 0 Å². The molecule has 1 atom stereocenters. The topological polar surface area (TPSA) is 133 Å². The van der Waals surface area contributed by atoms with E-state index in [4.69, 9.17) is 9.94 Å². The molecule has 0 aliphatic carbocycles. The number of hydrogen-bond donors (Lipinski definition) is 3. The summed E-state index contributed by atoms with van der Waals surface area (Å²) < 4.78 is 0. The van der Waals surface area contributed by atoms with Crippen LogP contribution in [0.1, 0.15) is 116 Å². The Bertz CT molecular complexity index is 596. The van der Waals surface area contributed by atoms with Crippen molar-refractivity contribution in [1.29, 1.82) is 0 Å². The second kappa shape index (κ2) is 19.3. The summed E-state index contributed by atoms with van der Waals surface area (Å²) in [7, 11) is 0. The van der Waals surface area contributed by atoms with Crippen molar-refractivity contribution in [3.8, 4) is 0 Å². The number of nitrogens with zero attached hydrogens (tertiary/aromatic N) is 1. The molecule has 1 heterocycles. The zero-order chi connectivity index (χ0) is 25.0. The molecule has 3 amide bonds. The van der Waals surface area contributed by atoms with Crippen LogP contribution in [-0.2, 0) is 24.0 Å². The lowest BCUT2D eigenvalue weighted by Crippen LogP contribution is -2.38. The Morgan fingerprint density at radius 3 is 1.71 bits per heavy atom. The highest BCUT2D eigenvalue weighted by molar-refractivity contribution is 6.01. The lowest BCUT2D eigenvalue weighted by atomic mass is 10.0. The van der Waals surface area contributed by atoms with Crippen LogP contribution >= 0.6 is 0 Å². The minimum Gasteiger partial charge on any atom is -0.396 e. The molecule has 0 saturated carbocycles. The number of nitrogens with one attached hydrogen (secondary N) is 1. The third-order valence-electron chi connectivity index (χ3n) is 6.04. The highest BCUT2D eigenvalue weighted by atomic mass is 16.7. The van der Waals surface area contributed by atoms with Gasteiger partial charge in [-0.3, -0.25) is 14.4 Å². The molecule has 9 heteroatoms. The molecule has 9 nitrogen and oxygen atoms in total. The number of hydroxylamine groups is 2. The van der Waals surface area contributed by atoms with Gasteiger partial charge in [-0.1, -0.05) is 70.6 Å². The van der Waals surface area contributed by atoms with Crippen LogP contribution in [-0.4, -0.2) is 58.2 Å². The summed E-state index contributed by atoms with van der Waals surface area (Å²) in [5.74, 6) is -1.97. The van der Waals surface area contributed by atoms with E-state index in [2.05, 4.69) is 5.32 Å². The number of hydrogen-bond acceptors (Lipinski definition) is 7. The van der Waals surface area contributed by atoms with E-state index in [1.807, 2.05) is 0 Å². The maximum atomic E-state index is 12.1. The number of amides is 3. The quantitative estimate of drug-likeness (QED) is 0.168. The first-order valence-electron chi connectivity index (χ1n) is 13.1. The lowest BCUT2D eigenvalue weighted by molar-refractivity contribution is -0.197. The first-order chi connectivity index (χ1) is 16.5. The van der Waals surface area contributed by atoms with Crippen molar-refractivity contribution in [2.45, 2.75) is 122 Å². The van der Waals surface area contributed by atoms with Crippen LogP contribution < -0.4 is 5.32 Å². The van der Waals surface area contributed by atoms with Gasteiger partial charge in [0.2, 0.25) is 5.91 Å². The van der Waals surface area contributed by atoms with Crippen LogP contribution in [0.3, 0.4) is 0 Å². The van der Waals surface area contributed by atoms with Gasteiger partial charge < -0.3 is 20.4 Å². The van der Waals surface area contributed by atoms with E-state index in [1.165, 1.54) is 51.4 Å². The second-order valence-electron chi connectivity index (χ2n) is 9.10. The molecule has 0 unspecified atom stereocenters. The maximum absolute atomic E-state index is 12.1. The Morgan fingerprint density at radius 1 is 0.765 bits per heavy atom. The van der Waals surface area contributed by atoms with E-state index >= 15 is 0 Å². The van der Waals surface area contributed by atoms with Crippen molar-refractivity contribution < 1.29 is 34.2 Å². The lowest BCUT2D eigenvalue weighted by Gasteiger charge is -2.17. The van der Waals surface area contributed by atoms with Gasteiger partial charge in [0.15, 0.2) is 0 Å². The standard InChI is InChI=1S/C25H44N2O7/c28-19-13-11-9-7-5-3-1-2-4-6-8-10-12-14-22(30)26-21(20-29)15-18-25(33)34-27-23(31)16-17-24(27)32/h21,28-29H,1-20H2,(H,26,30)/t21-/m0/s1. The zero-order valence-corrected chi connectivity index (χ0v) is 20.6. The molecule has 0 bridgehead atoms. The number of unbranched alkanes of at least 4 members (excludes halogenated alkanes) is 12. The molecular formula is C25H44N2O7. The first kappa shape index (κ1) is 30.0. The van der Waals surface area contributed by atoms with E-state index in [0.717, 1.165) is 32.1 Å². The smallest absolute Gasteiger partial charge is 0.333 e. The molecule has 1 rings (SSSR count). The van der Waals surface area contributed by atoms with Crippen LogP contribution in [0.25, 0.3) is 0 Å². The number of aliphatic hydroxyl groups excluding tert-OH is 2. The van der Waals surface area contributed by atoms with Gasteiger partial charge in [-0.25, -0.2) is 4.79 Å². The van der Waals surface area contributed by atoms with E-state index in [-0.39, 0.29) is 38.2 Å². The molecule has 0 radical (unpaired) electrons. The first-order valence-corrected chi connectivity index (χ1v) is 13.1. The molecule has 3 N–H and O–H groups in total. The largest absolute Gasteiger partial charge is 0.396 e. The zero-order valence-electron chi connectivity index (χ0n) is 20.6. The highest BCUT2D eigenvalue weighted by Crippen LogP contribution is 2.14. The van der Waals surface area contributed by atoms with Gasteiger partial charge in [-0.15, -0.1) is 5.06 Å². The molecule has 0 aromatic heterocycles. The fourth-order valence-electron chi connectivity index (χ4n) is 3.95. The summed E-state index contributed by atoms with van der Waals surface area (Å²) >= 11 is 0. The molecule has 1 fully saturated rings. The average molecular weight is 485 g/mol. The van der Waals surface area contributed by atoms with Crippen molar-refractivity contribution in [1.82, 2.24) is 10.4 Å². The van der Waals surface area contributed by atoms with Crippen molar-refractivity contribution in [2.75, 3.05) is 13.2 Å². The number of carbonyl (C=O) groups is 4. The molecular weight excluding hydrogens is 440 g/mol. The Kier molecular flexibility index (Phi) is 17.1. The Morgan fingerprint density at radius 2 is 1.24 bits per heavy atom. The van der Waals surface area contributed by atoms with E-state index in [9.17, 15) is 24.3 Å². The highest BCUT2D eigenvalue weighted by Gasteiger charge is 2.32. The molecule has 1 aliphatic rings. The third-order valence-corrected chi connectivity index (χ3v) is 6.04. The normalized spacial score (nSPS) is 14.5. The summed E-state index contributed by atoms with van der Waals surface area (Å²) in [4.78, 5) is 51.6. The van der Waals surface area contributed by atoms with E-state index < -0.39 is 23.8 Å². The fraction of sp³-hybridized carbons (Fsp3) is 0.840. The SMILES string of the molecule is O=C(CCCCCCCCCCCCCCCO)N[C@H](CO)CCC(=O)ON1C(=O)CCC1=O. The van der Waals surface area contributed by atoms with Crippen LogP contribution in [0.5, 0.6) is 0 Å². The summed E-state index contributed by atoms with van der Waals surface area (Å²) in [6.45, 7) is 0.00380. The summed E-state index contributed by atoms with van der Waals surface area (Å²) in [5, 5.41) is 21.4. The number of imide groups is 1. The summed E-state index contributed by atoms with van der Waals surface area (Å²) in [6, 6.07) is -0.570. The molecule has 196 valence electrons. The number of rotatable bonds is 21. The van der Waals surface area contributed by atoms with Crippen molar-refractivity contribution in [2.24, 2.45) is 0 Å². The molecule has 1 saturated heterocycles. The van der Waals surface area contributed by atoms with Gasteiger partial charge in [-0.05, 0) is 19.3 Å². The predicted octanol–water partition coefficient (Wildman–Crippen LogP) is 3.30. The Labute approximate surface area is 203 Å². The van der Waals surface area contributed by atoms with Crippen LogP contribution in [0, 0.1) is 0 Å². The molecule has 0 aromatic rings. The average Bonchev–Trinajstić information content (AvgIpc) is 3.13. The molecule has 0 aromatic carbocycles. The maximum Gasteiger partial charge on any atom is 0.333 e. The molecule has 34 heavy (non-hydrogen) atoms. The van der Waals surface area contributed by atoms with E-state index in [0.29, 0.717) is 18.1 Å². The number of carbonyl (C=O) groups excluding carboxylic acids is 4. The Balaban J connectivity index is 1.98. The summed E-state index contributed by atoms with van der Waals surface area (Å²) in [6.07, 6.45) is 15.5. The van der Waals surface area contributed by atoms with Crippen molar-refractivity contribution in [3.63, 3.8) is 0 Å². The van der Waals surface area contributed by atoms with E-state index in [1.54, 1.807) is 0 Å². The van der Waals surface area contributed by atoms with Crippen molar-refractivity contribution >= 4 is 23.7 Å². The third kappa shape index (κ3) is 14.3. The van der Waals surface area contributed by atoms with Gasteiger partial charge in [0, 0.05) is 25.9 Å². The summed E-state index contributed by atoms with van der Waals surface area (Å²) in [5.41, 5.74) is 0. The minimum atomic E-state index is -0.741. The predicted molar refractivity (Wildman–Crippen MR) is 127 cm³/mol. The van der Waals surface area contributed by atoms with Gasteiger partial charge in [-0.2, -0.15) is 0 Å². The monoisotopic (exact) mass is 484 g/mol. The van der Waals surface area contributed by atoms with Gasteiger partial charge >= 0.3 is 5.97 Å². The van der Waals surface area contributed by atoms with Gasteiger partial charge in [0.1, 0.15) is 0 Å². The molecule has 0 spiro atoms. The van der Waals surface area contributed by atoms with Gasteiger partial charge in [0.05, 0.1) is 19.1 Å². The second-order valence-corrected chi connectivity index (χ2v) is 9.10. The van der Waals surface area contributed by atoms with Crippen LogP contribution in [0.2, 0.25) is 0 Å². The fourth-order valence-corrected chi connectivity index (χ4v) is 3.95. The van der Waals surface area contributed by atoms with Crippen LogP contribution in [0.4, 0.5) is 0 Å². The van der Waals surface area contributed by atoms with Crippen LogP contribution in [0.15, 0.2) is 0 Å². The van der Waals surface area contributed by atoms with Gasteiger partial charge in [0.25, 0.3) is 11.8 Å². The Hall–Kier alpha value is -2.00.